The molecule has 0 saturated carbocycles. The van der Waals surface area contributed by atoms with Crippen LogP contribution in [0.25, 0.3) is 0 Å². The molecular weight excluding hydrogens is 422 g/mol. The largest absolute Gasteiger partial charge is 0.324 e. The molecule has 0 bridgehead atoms. The zero-order valence-corrected chi connectivity index (χ0v) is 25.7. The molecule has 0 saturated heterocycles. The third-order valence-corrected chi connectivity index (χ3v) is 8.44. The Balaban J connectivity index is 4.34. The third-order valence-electron chi connectivity index (χ3n) is 8.44. The van der Waals surface area contributed by atoms with E-state index in [1.54, 1.807) is 0 Å². The van der Waals surface area contributed by atoms with E-state index in [1.165, 1.54) is 198 Å². The van der Waals surface area contributed by atoms with Crippen molar-refractivity contribution in [1.29, 1.82) is 0 Å². The maximum absolute atomic E-state index is 2.37. The molecule has 0 unspecified atom stereocenters. The van der Waals surface area contributed by atoms with Gasteiger partial charge in [-0.1, -0.05) is 143 Å². The average molecular weight is 495 g/mol. The van der Waals surface area contributed by atoms with Gasteiger partial charge in [-0.25, -0.2) is 0 Å². The minimum atomic E-state index is 1.37. The summed E-state index contributed by atoms with van der Waals surface area (Å²) in [4.78, 5) is 0. The zero-order valence-electron chi connectivity index (χ0n) is 25.7. The molecule has 212 valence electrons. The van der Waals surface area contributed by atoms with Gasteiger partial charge >= 0.3 is 0 Å². The van der Waals surface area contributed by atoms with Crippen LogP contribution in [0, 0.1) is 0 Å². The topological polar surface area (TPSA) is 0 Å². The molecule has 0 aromatic heterocycles. The van der Waals surface area contributed by atoms with Gasteiger partial charge in [0, 0.05) is 0 Å². The molecule has 0 aromatic carbocycles. The van der Waals surface area contributed by atoms with E-state index in [0.717, 1.165) is 0 Å². The fourth-order valence-electron chi connectivity index (χ4n) is 5.93. The summed E-state index contributed by atoms with van der Waals surface area (Å²) in [6.07, 6.45) is 37.8. The van der Waals surface area contributed by atoms with Crippen molar-refractivity contribution in [2.24, 2.45) is 0 Å². The Morgan fingerprint density at radius 2 is 0.400 bits per heavy atom. The summed E-state index contributed by atoms with van der Waals surface area (Å²) < 4.78 is 1.47. The van der Waals surface area contributed by atoms with E-state index < -0.39 is 0 Å². The molecule has 0 aliphatic heterocycles. The first-order valence-electron chi connectivity index (χ1n) is 17.1. The first kappa shape index (κ1) is 35.0. The summed E-state index contributed by atoms with van der Waals surface area (Å²) in [7, 11) is 0. The minimum absolute atomic E-state index is 1.37. The van der Waals surface area contributed by atoms with E-state index in [4.69, 9.17) is 0 Å². The van der Waals surface area contributed by atoms with Crippen molar-refractivity contribution in [2.45, 2.75) is 195 Å². The molecule has 0 aliphatic carbocycles. The average Bonchev–Trinajstić information content (AvgIpc) is 2.86. The van der Waals surface area contributed by atoms with Crippen molar-refractivity contribution in [3.8, 4) is 0 Å². The first-order valence-corrected chi connectivity index (χ1v) is 17.1. The highest BCUT2D eigenvalue weighted by atomic mass is 15.3. The summed E-state index contributed by atoms with van der Waals surface area (Å²) >= 11 is 0. The number of nitrogens with zero attached hydrogens (tertiary/aromatic N) is 1. The van der Waals surface area contributed by atoms with Gasteiger partial charge in [-0.2, -0.15) is 0 Å². The zero-order chi connectivity index (χ0) is 25.7. The smallest absolute Gasteiger partial charge is 0.0786 e. The van der Waals surface area contributed by atoms with E-state index in [0.29, 0.717) is 0 Å². The monoisotopic (exact) mass is 495 g/mol. The maximum atomic E-state index is 2.37. The Morgan fingerprint density at radius 1 is 0.229 bits per heavy atom. The lowest BCUT2D eigenvalue weighted by Crippen LogP contribution is -2.50. The second-order valence-corrected chi connectivity index (χ2v) is 12.0. The van der Waals surface area contributed by atoms with Gasteiger partial charge in [0.05, 0.1) is 26.2 Å². The summed E-state index contributed by atoms with van der Waals surface area (Å²) in [6, 6.07) is 0. The lowest BCUT2D eigenvalue weighted by Gasteiger charge is -2.39. The Hall–Kier alpha value is -0.0400. The van der Waals surface area contributed by atoms with Gasteiger partial charge in [-0.3, -0.25) is 0 Å². The second-order valence-electron chi connectivity index (χ2n) is 12.0. The van der Waals surface area contributed by atoms with Gasteiger partial charge in [0.25, 0.3) is 0 Å². The fraction of sp³-hybridized carbons (Fsp3) is 1.00. The van der Waals surface area contributed by atoms with Crippen molar-refractivity contribution in [1.82, 2.24) is 0 Å². The van der Waals surface area contributed by atoms with Gasteiger partial charge in [0.1, 0.15) is 0 Å². The van der Waals surface area contributed by atoms with Crippen LogP contribution in [-0.2, 0) is 0 Å². The first-order chi connectivity index (χ1) is 17.2. The highest BCUT2D eigenvalue weighted by Crippen LogP contribution is 2.20. The van der Waals surface area contributed by atoms with Gasteiger partial charge in [-0.15, -0.1) is 0 Å². The van der Waals surface area contributed by atoms with Crippen LogP contribution >= 0.6 is 0 Å². The molecule has 1 heteroatoms. The number of unbranched alkanes of at least 4 members (excludes halogenated alkanes) is 22. The lowest BCUT2D eigenvalue weighted by atomic mass is 10.0. The van der Waals surface area contributed by atoms with E-state index in [1.807, 2.05) is 0 Å². The predicted octanol–water partition coefficient (Wildman–Crippen LogP) is 12.0. The van der Waals surface area contributed by atoms with Crippen LogP contribution in [0.1, 0.15) is 195 Å². The molecule has 0 heterocycles. The van der Waals surface area contributed by atoms with Crippen LogP contribution in [0.15, 0.2) is 0 Å². The number of rotatable bonds is 30. The van der Waals surface area contributed by atoms with Gasteiger partial charge in [-0.05, 0) is 51.4 Å². The Morgan fingerprint density at radius 3 is 0.657 bits per heavy atom. The van der Waals surface area contributed by atoms with Crippen molar-refractivity contribution in [3.63, 3.8) is 0 Å². The fourth-order valence-corrected chi connectivity index (χ4v) is 5.93. The van der Waals surface area contributed by atoms with E-state index in [9.17, 15) is 0 Å². The standard InChI is InChI=1S/C34H72N/c1-5-9-13-15-17-19-21-23-25-29-33-35(31-27-11-7-3,32-28-12-8-4)34-30-26-24-22-20-18-16-14-10-6-2/h5-34H2,1-4H3/q+1. The van der Waals surface area contributed by atoms with Crippen molar-refractivity contribution < 1.29 is 4.48 Å². The van der Waals surface area contributed by atoms with Crippen molar-refractivity contribution in [3.05, 3.63) is 0 Å². The van der Waals surface area contributed by atoms with Crippen molar-refractivity contribution >= 4 is 0 Å². The highest BCUT2D eigenvalue weighted by molar-refractivity contribution is 4.54. The number of quaternary nitrogens is 1. The normalized spacial score (nSPS) is 12.0. The molecule has 1 nitrogen and oxygen atoms in total. The summed E-state index contributed by atoms with van der Waals surface area (Å²) in [5.74, 6) is 0. The number of hydrogen-bond acceptors (Lipinski definition) is 0. The van der Waals surface area contributed by atoms with Crippen LogP contribution in [0.4, 0.5) is 0 Å². The molecular formula is C34H72N+. The minimum Gasteiger partial charge on any atom is -0.324 e. The van der Waals surface area contributed by atoms with Crippen LogP contribution in [0.5, 0.6) is 0 Å². The molecule has 0 N–H and O–H groups in total. The molecule has 0 atom stereocenters. The summed E-state index contributed by atoms with van der Waals surface area (Å²) in [5, 5.41) is 0. The van der Waals surface area contributed by atoms with E-state index >= 15 is 0 Å². The van der Waals surface area contributed by atoms with E-state index in [-0.39, 0.29) is 0 Å². The SMILES string of the molecule is CCCCCCCCCCCC[N+](CCCCC)(CCCCC)CCCCCCCCCCCC. The molecule has 0 rings (SSSR count). The van der Waals surface area contributed by atoms with Crippen LogP contribution in [0.2, 0.25) is 0 Å². The molecule has 0 fully saturated rings. The Kier molecular flexibility index (Phi) is 28.5. The molecule has 0 spiro atoms. The highest BCUT2D eigenvalue weighted by Gasteiger charge is 2.25. The van der Waals surface area contributed by atoms with Gasteiger partial charge in [0.15, 0.2) is 0 Å². The van der Waals surface area contributed by atoms with E-state index in [2.05, 4.69) is 27.7 Å². The molecule has 0 amide bonds. The van der Waals surface area contributed by atoms with Crippen LogP contribution in [0.3, 0.4) is 0 Å². The summed E-state index contributed by atoms with van der Waals surface area (Å²) in [6.45, 7) is 15.3. The van der Waals surface area contributed by atoms with Gasteiger partial charge < -0.3 is 4.48 Å². The molecule has 0 aromatic rings. The predicted molar refractivity (Wildman–Crippen MR) is 162 cm³/mol. The van der Waals surface area contributed by atoms with Crippen LogP contribution < -0.4 is 0 Å². The lowest BCUT2D eigenvalue weighted by molar-refractivity contribution is -0.929. The molecule has 35 heavy (non-hydrogen) atoms. The summed E-state index contributed by atoms with van der Waals surface area (Å²) in [5.41, 5.74) is 0. The van der Waals surface area contributed by atoms with Crippen molar-refractivity contribution in [2.75, 3.05) is 26.2 Å². The van der Waals surface area contributed by atoms with Gasteiger partial charge in [0.2, 0.25) is 0 Å². The molecule has 0 aliphatic rings. The molecule has 0 radical (unpaired) electrons. The Labute approximate surface area is 225 Å². The number of hydrogen-bond donors (Lipinski definition) is 0. The quantitative estimate of drug-likeness (QED) is 0.0687. The third kappa shape index (κ3) is 24.1. The van der Waals surface area contributed by atoms with Crippen LogP contribution in [-0.4, -0.2) is 30.7 Å². The Bertz CT molecular complexity index is 341. The second kappa shape index (κ2) is 28.5. The maximum Gasteiger partial charge on any atom is 0.0786 e.